The fourth-order valence-electron chi connectivity index (χ4n) is 2.14. The van der Waals surface area contributed by atoms with Crippen molar-refractivity contribution in [1.29, 1.82) is 5.26 Å². The van der Waals surface area contributed by atoms with Crippen LogP contribution >= 0.6 is 0 Å². The first-order valence-corrected chi connectivity index (χ1v) is 6.69. The van der Waals surface area contributed by atoms with Gasteiger partial charge in [0.15, 0.2) is 0 Å². The zero-order valence-corrected chi connectivity index (χ0v) is 11.9. The fourth-order valence-corrected chi connectivity index (χ4v) is 2.14. The van der Waals surface area contributed by atoms with Crippen molar-refractivity contribution in [2.24, 2.45) is 5.73 Å². The number of rotatable bonds is 5. The second kappa shape index (κ2) is 6.69. The molecule has 0 aromatic heterocycles. The lowest BCUT2D eigenvalue weighted by Gasteiger charge is -2.09. The summed E-state index contributed by atoms with van der Waals surface area (Å²) in [6.07, 6.45) is 0. The van der Waals surface area contributed by atoms with Crippen molar-refractivity contribution in [3.8, 4) is 6.07 Å². The van der Waals surface area contributed by atoms with Crippen molar-refractivity contribution in [2.45, 2.75) is 20.0 Å². The smallest absolute Gasteiger partial charge is 0.248 e. The van der Waals surface area contributed by atoms with Gasteiger partial charge < -0.3 is 11.1 Å². The third-order valence-electron chi connectivity index (χ3n) is 3.33. The predicted molar refractivity (Wildman–Crippen MR) is 81.4 cm³/mol. The fraction of sp³-hybridized carbons (Fsp3) is 0.176. The molecule has 0 fully saturated rings. The van der Waals surface area contributed by atoms with Crippen LogP contribution in [0.4, 0.5) is 0 Å². The first kappa shape index (κ1) is 14.8. The molecule has 106 valence electrons. The van der Waals surface area contributed by atoms with Crippen LogP contribution in [0.2, 0.25) is 0 Å². The number of nitrogens with two attached hydrogens (primary N) is 1. The first-order valence-electron chi connectivity index (χ1n) is 6.69. The molecule has 0 saturated heterocycles. The molecular formula is C17H17N3O. The third-order valence-corrected chi connectivity index (χ3v) is 3.33. The number of aryl methyl sites for hydroxylation is 1. The summed E-state index contributed by atoms with van der Waals surface area (Å²) < 4.78 is 0. The normalized spacial score (nSPS) is 10.1. The number of hydrogen-bond donors (Lipinski definition) is 2. The number of carbonyl (C=O) groups is 1. The average Bonchev–Trinajstić information content (AvgIpc) is 2.49. The Kier molecular flexibility index (Phi) is 4.70. The summed E-state index contributed by atoms with van der Waals surface area (Å²) in [4.78, 5) is 11.1. The van der Waals surface area contributed by atoms with E-state index >= 15 is 0 Å². The molecule has 1 amide bonds. The Morgan fingerprint density at radius 3 is 2.71 bits per heavy atom. The van der Waals surface area contributed by atoms with Crippen LogP contribution in [0.25, 0.3) is 0 Å². The van der Waals surface area contributed by atoms with Gasteiger partial charge in [-0.3, -0.25) is 4.79 Å². The molecule has 0 aliphatic heterocycles. The van der Waals surface area contributed by atoms with E-state index in [0.717, 1.165) is 16.7 Å². The maximum atomic E-state index is 11.1. The van der Waals surface area contributed by atoms with Crippen LogP contribution in [0.5, 0.6) is 0 Å². The number of nitrogens with zero attached hydrogens (tertiary/aromatic N) is 1. The largest absolute Gasteiger partial charge is 0.366 e. The van der Waals surface area contributed by atoms with E-state index in [1.165, 1.54) is 0 Å². The second-order valence-electron chi connectivity index (χ2n) is 4.92. The highest BCUT2D eigenvalue weighted by molar-refractivity contribution is 5.93. The molecule has 0 spiro atoms. The molecule has 0 atom stereocenters. The van der Waals surface area contributed by atoms with Crippen LogP contribution in [0.3, 0.4) is 0 Å². The molecule has 2 rings (SSSR count). The zero-order valence-electron chi connectivity index (χ0n) is 11.9. The molecule has 0 aliphatic rings. The van der Waals surface area contributed by atoms with Gasteiger partial charge in [0, 0.05) is 18.7 Å². The summed E-state index contributed by atoms with van der Waals surface area (Å²) in [6.45, 7) is 3.34. The Hall–Kier alpha value is -2.64. The van der Waals surface area contributed by atoms with Crippen LogP contribution in [-0.2, 0) is 13.1 Å². The lowest BCUT2D eigenvalue weighted by molar-refractivity contribution is 0.1000. The Bertz CT molecular complexity index is 701. The number of primary amides is 1. The van der Waals surface area contributed by atoms with Gasteiger partial charge in [0.1, 0.15) is 0 Å². The second-order valence-corrected chi connectivity index (χ2v) is 4.92. The minimum atomic E-state index is -0.411. The molecule has 21 heavy (non-hydrogen) atoms. The highest BCUT2D eigenvalue weighted by Crippen LogP contribution is 2.11. The van der Waals surface area contributed by atoms with Gasteiger partial charge >= 0.3 is 0 Å². The van der Waals surface area contributed by atoms with E-state index < -0.39 is 5.91 Å². The summed E-state index contributed by atoms with van der Waals surface area (Å²) in [5.41, 5.74) is 9.67. The molecule has 0 radical (unpaired) electrons. The minimum absolute atomic E-state index is 0.411. The molecule has 4 heteroatoms. The Labute approximate surface area is 124 Å². The van der Waals surface area contributed by atoms with Crippen LogP contribution in [0.1, 0.15) is 32.6 Å². The van der Waals surface area contributed by atoms with Gasteiger partial charge in [-0.25, -0.2) is 0 Å². The minimum Gasteiger partial charge on any atom is -0.366 e. The summed E-state index contributed by atoms with van der Waals surface area (Å²) in [5, 5.41) is 12.2. The van der Waals surface area contributed by atoms with Crippen molar-refractivity contribution >= 4 is 5.91 Å². The van der Waals surface area contributed by atoms with E-state index in [4.69, 9.17) is 11.0 Å². The van der Waals surface area contributed by atoms with E-state index in [-0.39, 0.29) is 0 Å². The molecule has 2 aromatic rings. The van der Waals surface area contributed by atoms with E-state index in [9.17, 15) is 4.79 Å². The number of nitriles is 1. The van der Waals surface area contributed by atoms with Gasteiger partial charge in [-0.05, 0) is 47.9 Å². The van der Waals surface area contributed by atoms with Crippen molar-refractivity contribution < 1.29 is 4.79 Å². The first-order chi connectivity index (χ1) is 10.1. The van der Waals surface area contributed by atoms with Crippen LogP contribution in [-0.4, -0.2) is 5.91 Å². The van der Waals surface area contributed by atoms with Gasteiger partial charge in [0.05, 0.1) is 11.6 Å². The van der Waals surface area contributed by atoms with Crippen molar-refractivity contribution in [2.75, 3.05) is 0 Å². The van der Waals surface area contributed by atoms with E-state index in [1.807, 2.05) is 31.2 Å². The SMILES string of the molecule is Cc1cc(C(N)=O)ccc1CNCc1cccc(C#N)c1. The van der Waals surface area contributed by atoms with Crippen molar-refractivity contribution in [3.05, 3.63) is 70.3 Å². The highest BCUT2D eigenvalue weighted by atomic mass is 16.1. The lowest BCUT2D eigenvalue weighted by atomic mass is 10.0. The maximum Gasteiger partial charge on any atom is 0.248 e. The molecule has 3 N–H and O–H groups in total. The van der Waals surface area contributed by atoms with E-state index in [1.54, 1.807) is 18.2 Å². The van der Waals surface area contributed by atoms with Crippen LogP contribution < -0.4 is 11.1 Å². The number of amides is 1. The number of carbonyl (C=O) groups excluding carboxylic acids is 1. The topological polar surface area (TPSA) is 78.9 Å². The van der Waals surface area contributed by atoms with Crippen molar-refractivity contribution in [1.82, 2.24) is 5.32 Å². The van der Waals surface area contributed by atoms with E-state index in [2.05, 4.69) is 11.4 Å². The Morgan fingerprint density at radius 2 is 2.05 bits per heavy atom. The summed E-state index contributed by atoms with van der Waals surface area (Å²) in [7, 11) is 0. The number of nitrogens with one attached hydrogen (secondary N) is 1. The standard InChI is InChI=1S/C17H17N3O/c1-12-7-15(17(19)21)5-6-16(12)11-20-10-14-4-2-3-13(8-14)9-18/h2-8,20H,10-11H2,1H3,(H2,19,21). The van der Waals surface area contributed by atoms with Gasteiger partial charge in [0.25, 0.3) is 0 Å². The zero-order chi connectivity index (χ0) is 15.2. The molecule has 0 unspecified atom stereocenters. The average molecular weight is 279 g/mol. The molecular weight excluding hydrogens is 262 g/mol. The molecule has 0 saturated carbocycles. The van der Waals surface area contributed by atoms with Gasteiger partial charge in [-0.15, -0.1) is 0 Å². The van der Waals surface area contributed by atoms with Gasteiger partial charge in [-0.2, -0.15) is 5.26 Å². The lowest BCUT2D eigenvalue weighted by Crippen LogP contribution is -2.15. The predicted octanol–water partition coefficient (Wildman–Crippen LogP) is 2.26. The molecule has 0 heterocycles. The third kappa shape index (κ3) is 3.91. The summed E-state index contributed by atoms with van der Waals surface area (Å²) in [5.74, 6) is -0.411. The quantitative estimate of drug-likeness (QED) is 0.881. The Morgan fingerprint density at radius 1 is 1.24 bits per heavy atom. The van der Waals surface area contributed by atoms with Gasteiger partial charge in [0.2, 0.25) is 5.91 Å². The van der Waals surface area contributed by atoms with Crippen LogP contribution in [0.15, 0.2) is 42.5 Å². The molecule has 0 aliphatic carbocycles. The maximum absolute atomic E-state index is 11.1. The number of benzene rings is 2. The molecule has 2 aromatic carbocycles. The highest BCUT2D eigenvalue weighted by Gasteiger charge is 2.04. The molecule has 0 bridgehead atoms. The van der Waals surface area contributed by atoms with Gasteiger partial charge in [-0.1, -0.05) is 18.2 Å². The molecule has 4 nitrogen and oxygen atoms in total. The number of hydrogen-bond acceptors (Lipinski definition) is 3. The van der Waals surface area contributed by atoms with Crippen LogP contribution in [0, 0.1) is 18.3 Å². The summed E-state index contributed by atoms with van der Waals surface area (Å²) >= 11 is 0. The summed E-state index contributed by atoms with van der Waals surface area (Å²) in [6, 6.07) is 15.1. The monoisotopic (exact) mass is 279 g/mol. The van der Waals surface area contributed by atoms with E-state index in [0.29, 0.717) is 24.2 Å². The Balaban J connectivity index is 1.97. The van der Waals surface area contributed by atoms with Crippen molar-refractivity contribution in [3.63, 3.8) is 0 Å².